The summed E-state index contributed by atoms with van der Waals surface area (Å²) in [6.45, 7) is 8.84. The summed E-state index contributed by atoms with van der Waals surface area (Å²) in [5.74, 6) is 2.03. The number of aryl methyl sites for hydroxylation is 1. The lowest BCUT2D eigenvalue weighted by atomic mass is 10.2. The van der Waals surface area contributed by atoms with Crippen LogP contribution in [0.5, 0.6) is 11.5 Å². The van der Waals surface area contributed by atoms with E-state index in [-0.39, 0.29) is 5.91 Å². The van der Waals surface area contributed by atoms with Gasteiger partial charge in [0.15, 0.2) is 11.5 Å². The Bertz CT molecular complexity index is 1020. The van der Waals surface area contributed by atoms with Gasteiger partial charge >= 0.3 is 0 Å². The fourth-order valence-corrected chi connectivity index (χ4v) is 4.57. The first-order chi connectivity index (χ1) is 13.4. The van der Waals surface area contributed by atoms with Crippen molar-refractivity contribution in [1.82, 2.24) is 14.7 Å². The van der Waals surface area contributed by atoms with E-state index in [2.05, 4.69) is 18.9 Å². The summed E-state index contributed by atoms with van der Waals surface area (Å²) in [5.41, 5.74) is 1.99. The van der Waals surface area contributed by atoms with Gasteiger partial charge in [-0.25, -0.2) is 0 Å². The van der Waals surface area contributed by atoms with Gasteiger partial charge in [0.05, 0.1) is 10.6 Å². The molecule has 0 fully saturated rings. The van der Waals surface area contributed by atoms with Gasteiger partial charge in [0, 0.05) is 25.5 Å². The Labute approximate surface area is 168 Å². The van der Waals surface area contributed by atoms with Gasteiger partial charge in [-0.05, 0) is 36.6 Å². The Morgan fingerprint density at radius 1 is 1.25 bits per heavy atom. The van der Waals surface area contributed by atoms with Crippen molar-refractivity contribution < 1.29 is 14.3 Å². The molecule has 7 heteroatoms. The van der Waals surface area contributed by atoms with Crippen LogP contribution in [-0.2, 0) is 13.1 Å². The molecule has 0 atom stereocenters. The molecular weight excluding hydrogens is 374 g/mol. The molecule has 0 bridgehead atoms. The number of hydrogen-bond donors (Lipinski definition) is 0. The number of nitrogens with zero attached hydrogens (tertiary/aromatic N) is 3. The number of hydrogen-bond acceptors (Lipinski definition) is 5. The van der Waals surface area contributed by atoms with E-state index in [0.29, 0.717) is 25.7 Å². The number of thiophene rings is 1. The van der Waals surface area contributed by atoms with Crippen molar-refractivity contribution in [1.29, 1.82) is 0 Å². The van der Waals surface area contributed by atoms with Crippen LogP contribution in [0.2, 0.25) is 0 Å². The van der Waals surface area contributed by atoms with E-state index in [4.69, 9.17) is 9.47 Å². The van der Waals surface area contributed by atoms with Crippen LogP contribution in [0.15, 0.2) is 24.3 Å². The van der Waals surface area contributed by atoms with Crippen LogP contribution in [0.25, 0.3) is 10.2 Å². The fraction of sp³-hybridized carbons (Fsp3) is 0.429. The fourth-order valence-electron chi connectivity index (χ4n) is 3.41. The molecule has 3 aromatic rings. The normalized spacial score (nSPS) is 13.3. The third-order valence-electron chi connectivity index (χ3n) is 4.73. The molecule has 28 heavy (non-hydrogen) atoms. The summed E-state index contributed by atoms with van der Waals surface area (Å²) in [5, 5.41) is 5.69. The molecule has 2 aromatic heterocycles. The number of aromatic nitrogens is 2. The highest BCUT2D eigenvalue weighted by molar-refractivity contribution is 7.20. The number of carbonyl (C=O) groups excluding carboxylic acids is 1. The van der Waals surface area contributed by atoms with Crippen molar-refractivity contribution in [2.45, 2.75) is 33.9 Å². The minimum atomic E-state index is 0.0200. The van der Waals surface area contributed by atoms with Crippen molar-refractivity contribution in [2.24, 2.45) is 5.92 Å². The number of fused-ring (bicyclic) bond motifs is 2. The lowest BCUT2D eigenvalue weighted by Crippen LogP contribution is -2.25. The average Bonchev–Trinajstić information content (AvgIpc) is 3.22. The SMILES string of the molecule is Cc1nn(CC(C)C)c2sc(C(=O)N(C)Cc3ccc4c(c3)OCCO4)cc12. The highest BCUT2D eigenvalue weighted by Gasteiger charge is 2.20. The number of carbonyl (C=O) groups is 1. The molecular formula is C21H25N3O3S. The van der Waals surface area contributed by atoms with Crippen LogP contribution in [0, 0.1) is 12.8 Å². The molecule has 148 valence electrons. The summed E-state index contributed by atoms with van der Waals surface area (Å²) in [6.07, 6.45) is 0. The third-order valence-corrected chi connectivity index (χ3v) is 5.87. The molecule has 4 rings (SSSR count). The molecule has 0 radical (unpaired) electrons. The van der Waals surface area contributed by atoms with Crippen molar-refractivity contribution >= 4 is 27.5 Å². The molecule has 0 saturated heterocycles. The highest BCUT2D eigenvalue weighted by Crippen LogP contribution is 2.32. The Balaban J connectivity index is 1.53. The maximum absolute atomic E-state index is 13.0. The molecule has 0 spiro atoms. The second-order valence-corrected chi connectivity index (χ2v) is 8.66. The minimum Gasteiger partial charge on any atom is -0.486 e. The number of rotatable bonds is 5. The molecule has 1 amide bonds. The van der Waals surface area contributed by atoms with E-state index in [1.807, 2.05) is 42.9 Å². The van der Waals surface area contributed by atoms with Crippen LogP contribution >= 0.6 is 11.3 Å². The van der Waals surface area contributed by atoms with Gasteiger partial charge in [-0.3, -0.25) is 9.48 Å². The molecule has 6 nitrogen and oxygen atoms in total. The topological polar surface area (TPSA) is 56.6 Å². The first-order valence-corrected chi connectivity index (χ1v) is 10.3. The van der Waals surface area contributed by atoms with Crippen molar-refractivity contribution in [3.8, 4) is 11.5 Å². The second-order valence-electron chi connectivity index (χ2n) is 7.63. The summed E-state index contributed by atoms with van der Waals surface area (Å²) < 4.78 is 13.2. The van der Waals surface area contributed by atoms with Gasteiger partial charge in [0.25, 0.3) is 5.91 Å². The standard InChI is InChI=1S/C21H25N3O3S/c1-13(2)11-24-21-16(14(3)22-24)10-19(28-21)20(25)23(4)12-15-5-6-17-18(9-15)27-8-7-26-17/h5-6,9-10,13H,7-8,11-12H2,1-4H3. The van der Waals surface area contributed by atoms with Gasteiger partial charge in [-0.1, -0.05) is 19.9 Å². The zero-order chi connectivity index (χ0) is 19.8. The van der Waals surface area contributed by atoms with E-state index < -0.39 is 0 Å². The molecule has 0 unspecified atom stereocenters. The van der Waals surface area contributed by atoms with Gasteiger partial charge in [0.1, 0.15) is 18.0 Å². The highest BCUT2D eigenvalue weighted by atomic mass is 32.1. The third kappa shape index (κ3) is 3.58. The van der Waals surface area contributed by atoms with Crippen LogP contribution in [0.4, 0.5) is 0 Å². The van der Waals surface area contributed by atoms with Gasteiger partial charge in [-0.2, -0.15) is 5.10 Å². The van der Waals surface area contributed by atoms with Gasteiger partial charge in [-0.15, -0.1) is 11.3 Å². The first kappa shape index (κ1) is 18.8. The predicted molar refractivity (Wildman–Crippen MR) is 110 cm³/mol. The monoisotopic (exact) mass is 399 g/mol. The van der Waals surface area contributed by atoms with Gasteiger partial charge in [0.2, 0.25) is 0 Å². The quantitative estimate of drug-likeness (QED) is 0.648. The molecule has 0 N–H and O–H groups in total. The Morgan fingerprint density at radius 3 is 2.75 bits per heavy atom. The van der Waals surface area contributed by atoms with E-state index in [1.54, 1.807) is 4.90 Å². The summed E-state index contributed by atoms with van der Waals surface area (Å²) >= 11 is 1.52. The van der Waals surface area contributed by atoms with Crippen LogP contribution in [0.3, 0.4) is 0 Å². The molecule has 0 aliphatic carbocycles. The van der Waals surface area contributed by atoms with E-state index >= 15 is 0 Å². The number of amides is 1. The smallest absolute Gasteiger partial charge is 0.264 e. The molecule has 3 heterocycles. The molecule has 1 aliphatic rings. The maximum atomic E-state index is 13.0. The lowest BCUT2D eigenvalue weighted by molar-refractivity contribution is 0.0789. The van der Waals surface area contributed by atoms with E-state index in [9.17, 15) is 4.79 Å². The zero-order valence-electron chi connectivity index (χ0n) is 16.7. The van der Waals surface area contributed by atoms with Crippen LogP contribution in [0.1, 0.15) is 34.8 Å². The maximum Gasteiger partial charge on any atom is 0.264 e. The predicted octanol–water partition coefficient (Wildman–Crippen LogP) is 4.11. The number of ether oxygens (including phenoxy) is 2. The largest absolute Gasteiger partial charge is 0.486 e. The molecule has 0 saturated carbocycles. The Hall–Kier alpha value is -2.54. The first-order valence-electron chi connectivity index (χ1n) is 9.53. The minimum absolute atomic E-state index is 0.0200. The van der Waals surface area contributed by atoms with E-state index in [1.165, 1.54) is 11.3 Å². The molecule has 1 aromatic carbocycles. The van der Waals surface area contributed by atoms with Crippen molar-refractivity contribution in [2.75, 3.05) is 20.3 Å². The Kier molecular flexibility index (Phi) is 5.02. The lowest BCUT2D eigenvalue weighted by Gasteiger charge is -2.21. The average molecular weight is 400 g/mol. The Morgan fingerprint density at radius 2 is 2.00 bits per heavy atom. The summed E-state index contributed by atoms with van der Waals surface area (Å²) in [6, 6.07) is 7.81. The molecule has 1 aliphatic heterocycles. The summed E-state index contributed by atoms with van der Waals surface area (Å²) in [7, 11) is 1.83. The van der Waals surface area contributed by atoms with Crippen LogP contribution in [-0.4, -0.2) is 40.8 Å². The van der Waals surface area contributed by atoms with Gasteiger partial charge < -0.3 is 14.4 Å². The van der Waals surface area contributed by atoms with Crippen LogP contribution < -0.4 is 9.47 Å². The van der Waals surface area contributed by atoms with E-state index in [0.717, 1.165) is 44.4 Å². The van der Waals surface area contributed by atoms with Crippen molar-refractivity contribution in [3.63, 3.8) is 0 Å². The zero-order valence-corrected chi connectivity index (χ0v) is 17.5. The second kappa shape index (κ2) is 7.47. The number of benzene rings is 1. The van der Waals surface area contributed by atoms with Crippen molar-refractivity contribution in [3.05, 3.63) is 40.4 Å². The summed E-state index contributed by atoms with van der Waals surface area (Å²) in [4.78, 5) is 16.6.